The van der Waals surface area contributed by atoms with Gasteiger partial charge in [-0.2, -0.15) is 0 Å². The van der Waals surface area contributed by atoms with Gasteiger partial charge in [0.05, 0.1) is 11.7 Å². The van der Waals surface area contributed by atoms with Gasteiger partial charge in [-0.15, -0.1) is 0 Å². The molecule has 1 heterocycles. The largest absolute Gasteiger partial charge is 0.353 e. The third-order valence-electron chi connectivity index (χ3n) is 4.33. The van der Waals surface area contributed by atoms with Gasteiger partial charge in [0.25, 0.3) is 0 Å². The van der Waals surface area contributed by atoms with Crippen LogP contribution in [0.4, 0.5) is 0 Å². The van der Waals surface area contributed by atoms with E-state index in [-0.39, 0.29) is 24.1 Å². The fraction of sp³-hybridized carbons (Fsp3) is 0.562. The Morgan fingerprint density at radius 3 is 2.57 bits per heavy atom. The summed E-state index contributed by atoms with van der Waals surface area (Å²) >= 11 is 5.83. The Hall–Kier alpha value is -1.11. The highest BCUT2D eigenvalue weighted by Gasteiger charge is 2.34. The summed E-state index contributed by atoms with van der Waals surface area (Å²) < 4.78 is 26.7. The SMILES string of the molecule is O=C(NC1CC1)[C@H]1CCCN(S(=O)(=O)Cc2ccc(Cl)cc2)C1. The van der Waals surface area contributed by atoms with Crippen LogP contribution in [0.15, 0.2) is 24.3 Å². The number of rotatable bonds is 5. The van der Waals surface area contributed by atoms with E-state index in [9.17, 15) is 13.2 Å². The molecule has 2 aliphatic rings. The number of carbonyl (C=O) groups excluding carboxylic acids is 1. The smallest absolute Gasteiger partial charge is 0.224 e. The normalized spacial score (nSPS) is 22.7. The van der Waals surface area contributed by atoms with E-state index in [4.69, 9.17) is 11.6 Å². The topological polar surface area (TPSA) is 66.5 Å². The molecule has 1 atom stereocenters. The molecule has 2 fully saturated rings. The monoisotopic (exact) mass is 356 g/mol. The van der Waals surface area contributed by atoms with E-state index in [0.29, 0.717) is 23.2 Å². The predicted molar refractivity (Wildman–Crippen MR) is 89.5 cm³/mol. The number of nitrogens with zero attached hydrogens (tertiary/aromatic N) is 1. The van der Waals surface area contributed by atoms with Crippen molar-refractivity contribution >= 4 is 27.5 Å². The van der Waals surface area contributed by atoms with Crippen molar-refractivity contribution in [1.29, 1.82) is 0 Å². The van der Waals surface area contributed by atoms with Crippen LogP contribution in [0.1, 0.15) is 31.2 Å². The third kappa shape index (κ3) is 4.46. The molecule has 5 nitrogen and oxygen atoms in total. The number of amides is 1. The van der Waals surface area contributed by atoms with Gasteiger partial charge in [-0.05, 0) is 43.4 Å². The standard InChI is InChI=1S/C16H21ClN2O3S/c17-14-5-3-12(4-6-14)11-23(21,22)19-9-1-2-13(10-19)16(20)18-15-7-8-15/h3-6,13,15H,1-2,7-11H2,(H,18,20)/t13-/m0/s1. The molecular formula is C16H21ClN2O3S. The van der Waals surface area contributed by atoms with Gasteiger partial charge in [0.1, 0.15) is 0 Å². The minimum atomic E-state index is -3.42. The summed E-state index contributed by atoms with van der Waals surface area (Å²) in [6.07, 6.45) is 3.56. The van der Waals surface area contributed by atoms with Crippen molar-refractivity contribution in [3.63, 3.8) is 0 Å². The summed E-state index contributed by atoms with van der Waals surface area (Å²) in [6, 6.07) is 7.13. The molecule has 0 spiro atoms. The number of hydrogen-bond donors (Lipinski definition) is 1. The van der Waals surface area contributed by atoms with Crippen molar-refractivity contribution in [3.05, 3.63) is 34.9 Å². The highest BCUT2D eigenvalue weighted by Crippen LogP contribution is 2.24. The molecule has 23 heavy (non-hydrogen) atoms. The number of piperidine rings is 1. The van der Waals surface area contributed by atoms with Crippen molar-refractivity contribution < 1.29 is 13.2 Å². The summed E-state index contributed by atoms with van der Waals surface area (Å²) in [6.45, 7) is 0.775. The van der Waals surface area contributed by atoms with E-state index in [1.807, 2.05) is 0 Å². The zero-order valence-electron chi connectivity index (χ0n) is 12.9. The molecule has 0 aromatic heterocycles. The Balaban J connectivity index is 1.64. The molecule has 7 heteroatoms. The van der Waals surface area contributed by atoms with Crippen LogP contribution in [0.25, 0.3) is 0 Å². The summed E-state index contributed by atoms with van der Waals surface area (Å²) in [5.41, 5.74) is 0.707. The lowest BCUT2D eigenvalue weighted by Gasteiger charge is -2.31. The maximum absolute atomic E-state index is 12.6. The molecule has 126 valence electrons. The number of nitrogens with one attached hydrogen (secondary N) is 1. The van der Waals surface area contributed by atoms with E-state index in [1.54, 1.807) is 24.3 Å². The van der Waals surface area contributed by atoms with Gasteiger partial charge >= 0.3 is 0 Å². The van der Waals surface area contributed by atoms with Gasteiger partial charge in [-0.25, -0.2) is 12.7 Å². The molecule has 0 bridgehead atoms. The molecular weight excluding hydrogens is 336 g/mol. The van der Waals surface area contributed by atoms with Gasteiger partial charge in [0.2, 0.25) is 15.9 Å². The first kappa shape index (κ1) is 16.7. The number of carbonyl (C=O) groups is 1. The minimum Gasteiger partial charge on any atom is -0.353 e. The van der Waals surface area contributed by atoms with Crippen LogP contribution >= 0.6 is 11.6 Å². The molecule has 0 unspecified atom stereocenters. The Kier molecular flexibility index (Phi) is 4.94. The van der Waals surface area contributed by atoms with E-state index < -0.39 is 10.0 Å². The maximum Gasteiger partial charge on any atom is 0.224 e. The molecule has 1 N–H and O–H groups in total. The van der Waals surface area contributed by atoms with Crippen LogP contribution in [0.5, 0.6) is 0 Å². The molecule has 1 aliphatic carbocycles. The van der Waals surface area contributed by atoms with Gasteiger partial charge in [-0.3, -0.25) is 4.79 Å². The molecule has 1 saturated carbocycles. The summed E-state index contributed by atoms with van der Waals surface area (Å²) in [5.74, 6) is -0.288. The fourth-order valence-electron chi connectivity index (χ4n) is 2.84. The van der Waals surface area contributed by atoms with E-state index in [0.717, 1.165) is 25.7 Å². The van der Waals surface area contributed by atoms with Crippen LogP contribution in [0, 0.1) is 5.92 Å². The van der Waals surface area contributed by atoms with Crippen LogP contribution in [0.3, 0.4) is 0 Å². The number of halogens is 1. The van der Waals surface area contributed by atoms with Gasteiger partial charge in [-0.1, -0.05) is 23.7 Å². The van der Waals surface area contributed by atoms with Crippen LogP contribution in [-0.4, -0.2) is 37.8 Å². The van der Waals surface area contributed by atoms with Gasteiger partial charge < -0.3 is 5.32 Å². The molecule has 1 amide bonds. The van der Waals surface area contributed by atoms with Gasteiger partial charge in [0.15, 0.2) is 0 Å². The lowest BCUT2D eigenvalue weighted by molar-refractivity contribution is -0.126. The van der Waals surface area contributed by atoms with E-state index in [1.165, 1.54) is 4.31 Å². The van der Waals surface area contributed by atoms with E-state index in [2.05, 4.69) is 5.32 Å². The quantitative estimate of drug-likeness (QED) is 0.879. The lowest BCUT2D eigenvalue weighted by Crippen LogP contribution is -2.46. The average Bonchev–Trinajstić information content (AvgIpc) is 3.33. The summed E-state index contributed by atoms with van der Waals surface area (Å²) in [7, 11) is -3.42. The Morgan fingerprint density at radius 1 is 1.22 bits per heavy atom. The molecule has 1 aromatic rings. The Labute approximate surface area is 142 Å². The highest BCUT2D eigenvalue weighted by atomic mass is 35.5. The minimum absolute atomic E-state index is 0.00103. The van der Waals surface area contributed by atoms with Gasteiger partial charge in [0, 0.05) is 24.2 Å². The fourth-order valence-corrected chi connectivity index (χ4v) is 4.57. The highest BCUT2D eigenvalue weighted by molar-refractivity contribution is 7.88. The molecule has 1 saturated heterocycles. The lowest BCUT2D eigenvalue weighted by atomic mass is 9.99. The first-order valence-corrected chi connectivity index (χ1v) is 9.95. The van der Waals surface area contributed by atoms with Crippen molar-refractivity contribution in [2.24, 2.45) is 5.92 Å². The molecule has 0 radical (unpaired) electrons. The van der Waals surface area contributed by atoms with Crippen molar-refractivity contribution in [3.8, 4) is 0 Å². The molecule has 1 aliphatic heterocycles. The van der Waals surface area contributed by atoms with Crippen molar-refractivity contribution in [2.45, 2.75) is 37.5 Å². The number of sulfonamides is 1. The van der Waals surface area contributed by atoms with Crippen LogP contribution in [0.2, 0.25) is 5.02 Å². The van der Waals surface area contributed by atoms with Crippen molar-refractivity contribution in [2.75, 3.05) is 13.1 Å². The van der Waals surface area contributed by atoms with Crippen molar-refractivity contribution in [1.82, 2.24) is 9.62 Å². The number of benzene rings is 1. The number of hydrogen-bond acceptors (Lipinski definition) is 3. The van der Waals surface area contributed by atoms with Crippen LogP contribution in [-0.2, 0) is 20.6 Å². The van der Waals surface area contributed by atoms with Crippen LogP contribution < -0.4 is 5.32 Å². The maximum atomic E-state index is 12.6. The second-order valence-electron chi connectivity index (χ2n) is 6.36. The molecule has 3 rings (SSSR count). The van der Waals surface area contributed by atoms with E-state index >= 15 is 0 Å². The average molecular weight is 357 g/mol. The summed E-state index contributed by atoms with van der Waals surface area (Å²) in [4.78, 5) is 12.2. The Morgan fingerprint density at radius 2 is 1.91 bits per heavy atom. The predicted octanol–water partition coefficient (Wildman–Crippen LogP) is 2.16. The Bertz CT molecular complexity index is 671. The second kappa shape index (κ2) is 6.79. The first-order valence-electron chi connectivity index (χ1n) is 7.97. The summed E-state index contributed by atoms with van der Waals surface area (Å²) in [5, 5.41) is 3.56. The second-order valence-corrected chi connectivity index (χ2v) is 8.77. The third-order valence-corrected chi connectivity index (χ3v) is 6.40. The molecule has 1 aromatic carbocycles. The zero-order chi connectivity index (χ0) is 16.4. The first-order chi connectivity index (χ1) is 10.9. The zero-order valence-corrected chi connectivity index (χ0v) is 14.4.